The van der Waals surface area contributed by atoms with Crippen LogP contribution in [0.1, 0.15) is 67.8 Å². The third-order valence-electron chi connectivity index (χ3n) is 8.94. The summed E-state index contributed by atoms with van der Waals surface area (Å²) in [5.74, 6) is 1.56. The summed E-state index contributed by atoms with van der Waals surface area (Å²) in [7, 11) is -3.54. The molecule has 1 saturated carbocycles. The Labute approximate surface area is 229 Å². The summed E-state index contributed by atoms with van der Waals surface area (Å²) >= 11 is 0. The molecular formula is C28H39N5O5S. The standard InChI is InChI=1S/C28H39N5O5S/c1-17-5-7-21(8-6-17)24-30-26(35)28(31-24)10-12-32(13-11-28)39(37,38)14-9-23-18(2)15-22(16-19(23)3)33-25(34)20(4)29-27(33)36/h15-17,21,34H,5-14H2,1-4H3,(H,29,36)(H,30,31,35). The number of carbonyl (C=O) groups is 1. The molecule has 0 atom stereocenters. The van der Waals surface area contributed by atoms with Gasteiger partial charge in [-0.25, -0.2) is 22.1 Å². The number of hydrogen-bond donors (Lipinski definition) is 3. The zero-order valence-corrected chi connectivity index (χ0v) is 24.0. The predicted molar refractivity (Wildman–Crippen MR) is 150 cm³/mol. The predicted octanol–water partition coefficient (Wildman–Crippen LogP) is 2.86. The first-order chi connectivity index (χ1) is 18.4. The Morgan fingerprint density at radius 3 is 2.23 bits per heavy atom. The van der Waals surface area contributed by atoms with E-state index in [1.807, 2.05) is 13.8 Å². The molecule has 3 aliphatic rings. The van der Waals surface area contributed by atoms with E-state index >= 15 is 0 Å². The minimum Gasteiger partial charge on any atom is -0.493 e. The normalized spacial score (nSPS) is 23.7. The number of H-pyrrole nitrogens is 1. The van der Waals surface area contributed by atoms with Gasteiger partial charge in [0.05, 0.1) is 17.1 Å². The number of hydrogen-bond acceptors (Lipinski definition) is 6. The van der Waals surface area contributed by atoms with E-state index in [9.17, 15) is 23.1 Å². The van der Waals surface area contributed by atoms with Crippen molar-refractivity contribution in [2.75, 3.05) is 18.8 Å². The molecule has 0 unspecified atom stereocenters. The maximum Gasteiger partial charge on any atom is 0.333 e. The van der Waals surface area contributed by atoms with Crippen molar-refractivity contribution < 1.29 is 18.3 Å². The number of piperidine rings is 1. The minimum atomic E-state index is -3.54. The van der Waals surface area contributed by atoms with E-state index < -0.39 is 21.3 Å². The van der Waals surface area contributed by atoms with Crippen LogP contribution in [0.15, 0.2) is 21.9 Å². The number of aromatic nitrogens is 2. The van der Waals surface area contributed by atoms with Crippen molar-refractivity contribution in [2.45, 2.75) is 78.2 Å². The molecular weight excluding hydrogens is 518 g/mol. The lowest BCUT2D eigenvalue weighted by atomic mass is 9.82. The zero-order valence-electron chi connectivity index (χ0n) is 23.2. The smallest absolute Gasteiger partial charge is 0.333 e. The molecule has 2 fully saturated rings. The largest absolute Gasteiger partial charge is 0.493 e. The van der Waals surface area contributed by atoms with Crippen molar-refractivity contribution in [1.82, 2.24) is 19.2 Å². The topological polar surface area (TPSA) is 137 Å². The Balaban J connectivity index is 1.24. The van der Waals surface area contributed by atoms with Crippen molar-refractivity contribution in [3.05, 3.63) is 45.0 Å². The molecule has 39 heavy (non-hydrogen) atoms. The van der Waals surface area contributed by atoms with Gasteiger partial charge in [0.2, 0.25) is 15.9 Å². The van der Waals surface area contributed by atoms with Gasteiger partial charge in [0.1, 0.15) is 11.4 Å². The first-order valence-electron chi connectivity index (χ1n) is 13.9. The van der Waals surface area contributed by atoms with Crippen LogP contribution in [0.25, 0.3) is 5.69 Å². The Bertz CT molecular complexity index is 1450. The van der Waals surface area contributed by atoms with Crippen molar-refractivity contribution in [3.8, 4) is 11.6 Å². The van der Waals surface area contributed by atoms with Gasteiger partial charge in [-0.05, 0) is 87.6 Å². The molecule has 0 bridgehead atoms. The molecule has 0 radical (unpaired) electrons. The minimum absolute atomic E-state index is 0.0452. The quantitative estimate of drug-likeness (QED) is 0.502. The number of rotatable bonds is 6. The van der Waals surface area contributed by atoms with Crippen LogP contribution in [0.5, 0.6) is 5.88 Å². The number of aryl methyl sites for hydroxylation is 3. The molecule has 1 saturated heterocycles. The Morgan fingerprint density at radius 1 is 1.05 bits per heavy atom. The molecule has 5 rings (SSSR count). The number of aromatic hydroxyl groups is 1. The summed E-state index contributed by atoms with van der Waals surface area (Å²) in [5.41, 5.74) is 2.25. The van der Waals surface area contributed by atoms with Crippen LogP contribution in [0.4, 0.5) is 0 Å². The molecule has 11 heteroatoms. The highest BCUT2D eigenvalue weighted by Crippen LogP contribution is 2.36. The van der Waals surface area contributed by atoms with Gasteiger partial charge >= 0.3 is 5.69 Å². The molecule has 2 aromatic rings. The lowest BCUT2D eigenvalue weighted by Crippen LogP contribution is -2.51. The molecule has 1 aromatic heterocycles. The first kappa shape index (κ1) is 27.6. The number of amides is 1. The number of nitrogens with one attached hydrogen (secondary N) is 2. The highest BCUT2D eigenvalue weighted by atomic mass is 32.2. The third-order valence-corrected chi connectivity index (χ3v) is 10.8. The number of aromatic amines is 1. The molecule has 212 valence electrons. The maximum atomic E-state index is 13.3. The summed E-state index contributed by atoms with van der Waals surface area (Å²) in [6.07, 6.45) is 5.49. The summed E-state index contributed by atoms with van der Waals surface area (Å²) in [5, 5.41) is 13.3. The molecule has 1 aromatic carbocycles. The molecule has 2 aliphatic heterocycles. The lowest BCUT2D eigenvalue weighted by Gasteiger charge is -2.34. The van der Waals surface area contributed by atoms with E-state index in [0.29, 0.717) is 42.5 Å². The number of sulfonamides is 1. The zero-order chi connectivity index (χ0) is 28.1. The SMILES string of the molecule is Cc1cc(-n2c(O)c(C)[nH]c2=O)cc(C)c1CCS(=O)(=O)N1CCC2(CC1)N=C(C1CCC(C)CC1)NC2=O. The van der Waals surface area contributed by atoms with Gasteiger partial charge in [-0.1, -0.05) is 19.8 Å². The number of amidine groups is 1. The Kier molecular flexibility index (Phi) is 7.26. The monoisotopic (exact) mass is 557 g/mol. The second-order valence-corrected chi connectivity index (χ2v) is 13.8. The van der Waals surface area contributed by atoms with Gasteiger partial charge in [0.25, 0.3) is 5.91 Å². The number of aliphatic imine (C=N–C) groups is 1. The molecule has 1 aliphatic carbocycles. The third kappa shape index (κ3) is 5.18. The molecule has 1 spiro atoms. The maximum absolute atomic E-state index is 13.3. The second-order valence-electron chi connectivity index (χ2n) is 11.7. The second kappa shape index (κ2) is 10.2. The van der Waals surface area contributed by atoms with Crippen LogP contribution < -0.4 is 11.0 Å². The molecule has 3 heterocycles. The number of imidazole rings is 1. The van der Waals surface area contributed by atoms with Gasteiger partial charge in [-0.2, -0.15) is 0 Å². The van der Waals surface area contributed by atoms with Gasteiger partial charge in [-0.3, -0.25) is 9.79 Å². The van der Waals surface area contributed by atoms with E-state index in [1.165, 1.54) is 8.87 Å². The van der Waals surface area contributed by atoms with Crippen molar-refractivity contribution in [2.24, 2.45) is 16.8 Å². The average Bonchev–Trinajstić information content (AvgIpc) is 3.33. The van der Waals surface area contributed by atoms with Crippen molar-refractivity contribution >= 4 is 21.8 Å². The van der Waals surface area contributed by atoms with E-state index in [-0.39, 0.29) is 30.6 Å². The molecule has 1 amide bonds. The van der Waals surface area contributed by atoms with E-state index in [0.717, 1.165) is 48.2 Å². The molecule has 3 N–H and O–H groups in total. The van der Waals surface area contributed by atoms with Crippen LogP contribution in [0.3, 0.4) is 0 Å². The van der Waals surface area contributed by atoms with Crippen LogP contribution in [0.2, 0.25) is 0 Å². The van der Waals surface area contributed by atoms with Crippen LogP contribution in [0, 0.1) is 32.6 Å². The fourth-order valence-corrected chi connectivity index (χ4v) is 7.83. The van der Waals surface area contributed by atoms with Gasteiger partial charge in [0, 0.05) is 19.0 Å². The van der Waals surface area contributed by atoms with Crippen LogP contribution in [-0.4, -0.2) is 63.5 Å². The van der Waals surface area contributed by atoms with Gasteiger partial charge in [-0.15, -0.1) is 0 Å². The van der Waals surface area contributed by atoms with Crippen LogP contribution in [-0.2, 0) is 21.2 Å². The highest BCUT2D eigenvalue weighted by molar-refractivity contribution is 7.89. The number of carbonyl (C=O) groups excluding carboxylic acids is 1. The average molecular weight is 558 g/mol. The summed E-state index contributed by atoms with van der Waals surface area (Å²) in [6.45, 7) is 8.20. The number of benzene rings is 1. The summed E-state index contributed by atoms with van der Waals surface area (Å²) < 4.78 is 29.3. The fourth-order valence-electron chi connectivity index (χ4n) is 6.37. The first-order valence-corrected chi connectivity index (χ1v) is 15.5. The Morgan fingerprint density at radius 2 is 1.67 bits per heavy atom. The summed E-state index contributed by atoms with van der Waals surface area (Å²) in [6, 6.07) is 3.57. The van der Waals surface area contributed by atoms with E-state index in [1.54, 1.807) is 19.1 Å². The van der Waals surface area contributed by atoms with Crippen molar-refractivity contribution in [1.29, 1.82) is 0 Å². The summed E-state index contributed by atoms with van der Waals surface area (Å²) in [4.78, 5) is 32.7. The van der Waals surface area contributed by atoms with Crippen LogP contribution >= 0.6 is 0 Å². The van der Waals surface area contributed by atoms with Crippen molar-refractivity contribution in [3.63, 3.8) is 0 Å². The highest BCUT2D eigenvalue weighted by Gasteiger charge is 2.48. The Hall–Kier alpha value is -2.92. The fraction of sp³-hybridized carbons (Fsp3) is 0.607. The number of nitrogens with zero attached hydrogens (tertiary/aromatic N) is 3. The lowest BCUT2D eigenvalue weighted by molar-refractivity contribution is -0.125. The van der Waals surface area contributed by atoms with E-state index in [2.05, 4.69) is 17.2 Å². The van der Waals surface area contributed by atoms with Gasteiger partial charge < -0.3 is 15.4 Å². The van der Waals surface area contributed by atoms with Gasteiger partial charge in [0.15, 0.2) is 0 Å². The van der Waals surface area contributed by atoms with E-state index in [4.69, 9.17) is 4.99 Å². The molecule has 10 nitrogen and oxygen atoms in total.